The molecule has 0 radical (unpaired) electrons. The molecule has 23 heavy (non-hydrogen) atoms. The summed E-state index contributed by atoms with van der Waals surface area (Å²) in [6.07, 6.45) is 0.154. The van der Waals surface area contributed by atoms with Crippen LogP contribution in [-0.2, 0) is 19.1 Å². The fraction of sp³-hybridized carbons (Fsp3) is 0.526. The number of ether oxygens (including phenoxy) is 1. The Labute approximate surface area is 137 Å². The Balaban J connectivity index is 2.65. The molecule has 0 heterocycles. The average Bonchev–Trinajstić information content (AvgIpc) is 2.76. The summed E-state index contributed by atoms with van der Waals surface area (Å²) < 4.78 is 5.18. The molecule has 0 saturated heterocycles. The van der Waals surface area contributed by atoms with E-state index in [9.17, 15) is 14.4 Å². The largest absolute Gasteiger partial charge is 0.465 e. The normalized spacial score (nSPS) is 23.9. The number of ketones is 2. The number of benzene rings is 1. The quantitative estimate of drug-likeness (QED) is 0.632. The van der Waals surface area contributed by atoms with Crippen molar-refractivity contribution >= 4 is 17.5 Å². The van der Waals surface area contributed by atoms with Gasteiger partial charge in [-0.25, -0.2) is 0 Å². The molecule has 1 aliphatic carbocycles. The van der Waals surface area contributed by atoms with Gasteiger partial charge in [-0.2, -0.15) is 0 Å². The predicted octanol–water partition coefficient (Wildman–Crippen LogP) is 3.20. The summed E-state index contributed by atoms with van der Waals surface area (Å²) >= 11 is 0. The molecule has 0 N–H and O–H groups in total. The molecule has 1 aromatic rings. The van der Waals surface area contributed by atoms with Gasteiger partial charge in [0.05, 0.1) is 6.61 Å². The number of hydrogen-bond acceptors (Lipinski definition) is 4. The summed E-state index contributed by atoms with van der Waals surface area (Å²) in [4.78, 5) is 37.3. The minimum atomic E-state index is -1.38. The van der Waals surface area contributed by atoms with Gasteiger partial charge in [-0.15, -0.1) is 0 Å². The minimum Gasteiger partial charge on any atom is -0.465 e. The molecule has 0 aromatic heterocycles. The first kappa shape index (κ1) is 17.4. The molecular formula is C19H24O4. The standard InChI is InChI=1S/C19H24O4/c1-6-23-18(22)19(14(5)20)10-15(21)9-16(19)17-12(3)7-11(2)8-13(17)4/h7-8,16H,6,9-10H2,1-5H3. The van der Waals surface area contributed by atoms with E-state index >= 15 is 0 Å². The third-order valence-corrected chi connectivity index (χ3v) is 4.86. The van der Waals surface area contributed by atoms with Gasteiger partial charge in [-0.1, -0.05) is 17.7 Å². The summed E-state index contributed by atoms with van der Waals surface area (Å²) in [5.41, 5.74) is 2.70. The van der Waals surface area contributed by atoms with Gasteiger partial charge < -0.3 is 4.74 Å². The van der Waals surface area contributed by atoms with Gasteiger partial charge in [0.1, 0.15) is 17.0 Å². The van der Waals surface area contributed by atoms with Gasteiger partial charge >= 0.3 is 5.97 Å². The Hall–Kier alpha value is -1.97. The highest BCUT2D eigenvalue weighted by Gasteiger charge is 2.58. The fourth-order valence-corrected chi connectivity index (χ4v) is 3.99. The second-order valence-corrected chi connectivity index (χ2v) is 6.53. The Morgan fingerprint density at radius 2 is 1.78 bits per heavy atom. The summed E-state index contributed by atoms with van der Waals surface area (Å²) in [5, 5.41) is 0. The highest BCUT2D eigenvalue weighted by atomic mass is 16.5. The van der Waals surface area contributed by atoms with Crippen molar-refractivity contribution < 1.29 is 19.1 Å². The Morgan fingerprint density at radius 3 is 2.26 bits per heavy atom. The number of Topliss-reactive ketones (excluding diaryl/α,β-unsaturated/α-hetero) is 2. The molecule has 2 unspecified atom stereocenters. The van der Waals surface area contributed by atoms with Crippen molar-refractivity contribution in [3.05, 3.63) is 34.4 Å². The van der Waals surface area contributed by atoms with Crippen molar-refractivity contribution in [3.8, 4) is 0 Å². The SMILES string of the molecule is CCOC(=O)C1(C(C)=O)CC(=O)CC1c1c(C)cc(C)cc1C. The zero-order valence-electron chi connectivity index (χ0n) is 14.5. The van der Waals surface area contributed by atoms with Crippen LogP contribution in [0.25, 0.3) is 0 Å². The summed E-state index contributed by atoms with van der Waals surface area (Å²) in [7, 11) is 0. The maximum atomic E-state index is 12.6. The minimum absolute atomic E-state index is 0.0570. The van der Waals surface area contributed by atoms with Crippen molar-refractivity contribution in [2.75, 3.05) is 6.61 Å². The summed E-state index contributed by atoms with van der Waals surface area (Å²) in [6.45, 7) is 9.23. The van der Waals surface area contributed by atoms with Crippen molar-refractivity contribution in [1.82, 2.24) is 0 Å². The maximum Gasteiger partial charge on any atom is 0.320 e. The third-order valence-electron chi connectivity index (χ3n) is 4.86. The van der Waals surface area contributed by atoms with Crippen molar-refractivity contribution in [3.63, 3.8) is 0 Å². The topological polar surface area (TPSA) is 60.4 Å². The van der Waals surface area contributed by atoms with E-state index in [0.29, 0.717) is 0 Å². The third kappa shape index (κ3) is 2.82. The molecule has 0 spiro atoms. The van der Waals surface area contributed by atoms with E-state index < -0.39 is 17.3 Å². The smallest absolute Gasteiger partial charge is 0.320 e. The van der Waals surface area contributed by atoms with Crippen LogP contribution in [0.15, 0.2) is 12.1 Å². The Morgan fingerprint density at radius 1 is 1.22 bits per heavy atom. The molecule has 2 rings (SSSR count). The van der Waals surface area contributed by atoms with Crippen molar-refractivity contribution in [1.29, 1.82) is 0 Å². The number of aryl methyl sites for hydroxylation is 3. The molecule has 1 saturated carbocycles. The summed E-state index contributed by atoms with van der Waals surface area (Å²) in [6, 6.07) is 4.06. The van der Waals surface area contributed by atoms with Gasteiger partial charge in [-0.3, -0.25) is 14.4 Å². The summed E-state index contributed by atoms with van der Waals surface area (Å²) in [5.74, 6) is -1.35. The molecule has 1 aliphatic rings. The van der Waals surface area contributed by atoms with Crippen LogP contribution in [0.5, 0.6) is 0 Å². The molecule has 1 aromatic carbocycles. The van der Waals surface area contributed by atoms with Gasteiger partial charge in [0.2, 0.25) is 0 Å². The lowest BCUT2D eigenvalue weighted by atomic mass is 9.69. The van der Waals surface area contributed by atoms with Crippen LogP contribution in [0, 0.1) is 26.2 Å². The van der Waals surface area contributed by atoms with Crippen molar-refractivity contribution in [2.45, 2.75) is 53.4 Å². The number of carbonyl (C=O) groups is 3. The van der Waals surface area contributed by atoms with E-state index in [1.807, 2.05) is 32.9 Å². The average molecular weight is 316 g/mol. The lowest BCUT2D eigenvalue weighted by Crippen LogP contribution is -2.42. The number of rotatable bonds is 4. The first-order chi connectivity index (χ1) is 10.7. The van der Waals surface area contributed by atoms with Crippen LogP contribution < -0.4 is 0 Å². The molecule has 1 fully saturated rings. The Kier molecular flexibility index (Phi) is 4.73. The van der Waals surface area contributed by atoms with Crippen LogP contribution in [0.2, 0.25) is 0 Å². The van der Waals surface area contributed by atoms with Crippen LogP contribution >= 0.6 is 0 Å². The van der Waals surface area contributed by atoms with E-state index in [-0.39, 0.29) is 31.0 Å². The zero-order chi connectivity index (χ0) is 17.4. The zero-order valence-corrected chi connectivity index (χ0v) is 14.5. The molecule has 4 heteroatoms. The molecule has 0 bridgehead atoms. The molecule has 2 atom stereocenters. The number of carbonyl (C=O) groups excluding carboxylic acids is 3. The Bertz CT molecular complexity index is 651. The van der Waals surface area contributed by atoms with Crippen LogP contribution in [-0.4, -0.2) is 24.1 Å². The highest BCUT2D eigenvalue weighted by molar-refractivity contribution is 6.10. The van der Waals surface area contributed by atoms with Crippen LogP contribution in [0.3, 0.4) is 0 Å². The molecule has 124 valence electrons. The first-order valence-electron chi connectivity index (χ1n) is 8.01. The van der Waals surface area contributed by atoms with E-state index in [1.165, 1.54) is 6.92 Å². The lowest BCUT2D eigenvalue weighted by Gasteiger charge is -2.32. The highest BCUT2D eigenvalue weighted by Crippen LogP contribution is 2.51. The molecule has 0 amide bonds. The number of esters is 1. The fourth-order valence-electron chi connectivity index (χ4n) is 3.99. The van der Waals surface area contributed by atoms with Gasteiger partial charge in [0.25, 0.3) is 0 Å². The van der Waals surface area contributed by atoms with E-state index in [4.69, 9.17) is 4.74 Å². The van der Waals surface area contributed by atoms with Gasteiger partial charge in [-0.05, 0) is 51.3 Å². The van der Waals surface area contributed by atoms with E-state index in [2.05, 4.69) is 0 Å². The van der Waals surface area contributed by atoms with Crippen LogP contribution in [0.4, 0.5) is 0 Å². The molecule has 0 aliphatic heterocycles. The predicted molar refractivity (Wildman–Crippen MR) is 87.4 cm³/mol. The number of hydrogen-bond donors (Lipinski definition) is 0. The van der Waals surface area contributed by atoms with E-state index in [1.54, 1.807) is 6.92 Å². The maximum absolute atomic E-state index is 12.6. The van der Waals surface area contributed by atoms with E-state index in [0.717, 1.165) is 22.3 Å². The van der Waals surface area contributed by atoms with Crippen molar-refractivity contribution in [2.24, 2.45) is 5.41 Å². The first-order valence-corrected chi connectivity index (χ1v) is 8.01. The second kappa shape index (κ2) is 6.26. The monoisotopic (exact) mass is 316 g/mol. The molecular weight excluding hydrogens is 292 g/mol. The molecule has 4 nitrogen and oxygen atoms in total. The lowest BCUT2D eigenvalue weighted by molar-refractivity contribution is -0.161. The van der Waals surface area contributed by atoms with Gasteiger partial charge in [0.15, 0.2) is 0 Å². The van der Waals surface area contributed by atoms with Crippen LogP contribution in [0.1, 0.15) is 54.9 Å². The van der Waals surface area contributed by atoms with Gasteiger partial charge in [0, 0.05) is 18.8 Å². The second-order valence-electron chi connectivity index (χ2n) is 6.53.